The highest BCUT2D eigenvalue weighted by Gasteiger charge is 2.17. The van der Waals surface area contributed by atoms with Gasteiger partial charge in [0, 0.05) is 23.8 Å². The normalized spacial score (nSPS) is 15.8. The maximum Gasteiger partial charge on any atom is 0.227 e. The molecule has 0 saturated heterocycles. The first-order chi connectivity index (χ1) is 8.58. The number of carbonyl (C=O) groups is 1. The number of hydrogen-bond donors (Lipinski definition) is 2. The fourth-order valence-electron chi connectivity index (χ4n) is 2.10. The summed E-state index contributed by atoms with van der Waals surface area (Å²) in [6, 6.07) is 6.15. The molecule has 0 bridgehead atoms. The van der Waals surface area contributed by atoms with Crippen LogP contribution in [0.25, 0.3) is 0 Å². The van der Waals surface area contributed by atoms with Gasteiger partial charge in [-0.3, -0.25) is 4.79 Å². The molecule has 1 aromatic carbocycles. The number of nitrogens with one attached hydrogen (secondary N) is 2. The van der Waals surface area contributed by atoms with Crippen molar-refractivity contribution < 1.29 is 4.79 Å². The van der Waals surface area contributed by atoms with E-state index in [0.717, 1.165) is 24.3 Å². The number of amides is 1. The second kappa shape index (κ2) is 5.42. The maximum atomic E-state index is 12.0. The summed E-state index contributed by atoms with van der Waals surface area (Å²) in [4.78, 5) is 12.0. The van der Waals surface area contributed by atoms with Gasteiger partial charge in [0.05, 0.1) is 0 Å². The molecule has 1 aliphatic heterocycles. The SMILES string of the molecule is CC(C)C(C)C(=O)Nc1ccc2c(c1)NCCC2. The molecule has 3 nitrogen and oxygen atoms in total. The molecule has 0 aromatic heterocycles. The Kier molecular flexibility index (Phi) is 3.90. The molecule has 0 aliphatic carbocycles. The van der Waals surface area contributed by atoms with E-state index in [0.29, 0.717) is 5.92 Å². The van der Waals surface area contributed by atoms with Gasteiger partial charge in [-0.05, 0) is 36.5 Å². The van der Waals surface area contributed by atoms with E-state index in [-0.39, 0.29) is 11.8 Å². The minimum Gasteiger partial charge on any atom is -0.385 e. The number of rotatable bonds is 3. The predicted molar refractivity (Wildman–Crippen MR) is 75.9 cm³/mol. The summed E-state index contributed by atoms with van der Waals surface area (Å²) in [6.07, 6.45) is 2.31. The van der Waals surface area contributed by atoms with Crippen molar-refractivity contribution in [2.75, 3.05) is 17.2 Å². The largest absolute Gasteiger partial charge is 0.385 e. The third-order valence-electron chi connectivity index (χ3n) is 3.73. The van der Waals surface area contributed by atoms with Crippen molar-refractivity contribution in [2.45, 2.75) is 33.6 Å². The van der Waals surface area contributed by atoms with Crippen LogP contribution in [0.4, 0.5) is 11.4 Å². The van der Waals surface area contributed by atoms with Crippen molar-refractivity contribution in [1.29, 1.82) is 0 Å². The molecular formula is C15H22N2O. The second-order valence-corrected chi connectivity index (χ2v) is 5.42. The summed E-state index contributed by atoms with van der Waals surface area (Å²) in [5, 5.41) is 6.37. The first kappa shape index (κ1) is 12.9. The Morgan fingerprint density at radius 3 is 2.83 bits per heavy atom. The van der Waals surface area contributed by atoms with Crippen LogP contribution < -0.4 is 10.6 Å². The molecule has 2 N–H and O–H groups in total. The minimum absolute atomic E-state index is 0.0361. The van der Waals surface area contributed by atoms with Crippen LogP contribution >= 0.6 is 0 Å². The summed E-state index contributed by atoms with van der Waals surface area (Å²) in [5.74, 6) is 0.496. The van der Waals surface area contributed by atoms with Crippen molar-refractivity contribution in [3.05, 3.63) is 23.8 Å². The molecule has 1 unspecified atom stereocenters. The summed E-state index contributed by atoms with van der Waals surface area (Å²) >= 11 is 0. The molecule has 18 heavy (non-hydrogen) atoms. The van der Waals surface area contributed by atoms with Crippen LogP contribution in [0.5, 0.6) is 0 Å². The Morgan fingerprint density at radius 1 is 1.33 bits per heavy atom. The van der Waals surface area contributed by atoms with E-state index in [1.807, 2.05) is 19.1 Å². The lowest BCUT2D eigenvalue weighted by Gasteiger charge is -2.20. The van der Waals surface area contributed by atoms with Crippen molar-refractivity contribution in [2.24, 2.45) is 11.8 Å². The Hall–Kier alpha value is -1.51. The van der Waals surface area contributed by atoms with Gasteiger partial charge in [0.2, 0.25) is 5.91 Å². The predicted octanol–water partition coefficient (Wildman–Crippen LogP) is 3.28. The van der Waals surface area contributed by atoms with E-state index in [9.17, 15) is 4.79 Å². The molecule has 0 fully saturated rings. The highest BCUT2D eigenvalue weighted by molar-refractivity contribution is 5.93. The monoisotopic (exact) mass is 246 g/mol. The topological polar surface area (TPSA) is 41.1 Å². The zero-order chi connectivity index (χ0) is 13.1. The fraction of sp³-hybridized carbons (Fsp3) is 0.533. The first-order valence-electron chi connectivity index (χ1n) is 6.75. The van der Waals surface area contributed by atoms with Crippen LogP contribution in [0.2, 0.25) is 0 Å². The number of carbonyl (C=O) groups excluding carboxylic acids is 1. The Bertz CT molecular complexity index is 440. The molecule has 1 amide bonds. The smallest absolute Gasteiger partial charge is 0.227 e. The lowest BCUT2D eigenvalue weighted by atomic mass is 9.97. The van der Waals surface area contributed by atoms with Crippen LogP contribution in [0.15, 0.2) is 18.2 Å². The second-order valence-electron chi connectivity index (χ2n) is 5.42. The zero-order valence-corrected chi connectivity index (χ0v) is 11.4. The quantitative estimate of drug-likeness (QED) is 0.859. The van der Waals surface area contributed by atoms with Crippen LogP contribution in [0.1, 0.15) is 32.8 Å². The highest BCUT2D eigenvalue weighted by atomic mass is 16.1. The van der Waals surface area contributed by atoms with Gasteiger partial charge in [0.25, 0.3) is 0 Å². The van der Waals surface area contributed by atoms with Crippen LogP contribution in [0, 0.1) is 11.8 Å². The van der Waals surface area contributed by atoms with Gasteiger partial charge in [-0.25, -0.2) is 0 Å². The number of aryl methyl sites for hydroxylation is 1. The molecule has 2 rings (SSSR count). The number of hydrogen-bond acceptors (Lipinski definition) is 2. The average molecular weight is 246 g/mol. The van der Waals surface area contributed by atoms with Crippen molar-refractivity contribution in [3.63, 3.8) is 0 Å². The summed E-state index contributed by atoms with van der Waals surface area (Å²) in [7, 11) is 0. The lowest BCUT2D eigenvalue weighted by Crippen LogP contribution is -2.24. The molecule has 3 heteroatoms. The molecule has 1 atom stereocenters. The van der Waals surface area contributed by atoms with Gasteiger partial charge in [0.1, 0.15) is 0 Å². The van der Waals surface area contributed by atoms with Gasteiger partial charge in [0.15, 0.2) is 0 Å². The van der Waals surface area contributed by atoms with Gasteiger partial charge in [-0.2, -0.15) is 0 Å². The summed E-state index contributed by atoms with van der Waals surface area (Å²) in [6.45, 7) is 7.13. The zero-order valence-electron chi connectivity index (χ0n) is 11.4. The Labute approximate surface area is 109 Å². The van der Waals surface area contributed by atoms with Crippen LogP contribution in [-0.2, 0) is 11.2 Å². The van der Waals surface area contributed by atoms with Crippen LogP contribution in [0.3, 0.4) is 0 Å². The van der Waals surface area contributed by atoms with E-state index in [4.69, 9.17) is 0 Å². The van der Waals surface area contributed by atoms with E-state index in [1.165, 1.54) is 12.0 Å². The maximum absolute atomic E-state index is 12.0. The molecule has 1 aliphatic rings. The summed E-state index contributed by atoms with van der Waals surface area (Å²) < 4.78 is 0. The molecular weight excluding hydrogens is 224 g/mol. The lowest BCUT2D eigenvalue weighted by molar-refractivity contribution is -0.120. The van der Waals surface area contributed by atoms with Crippen molar-refractivity contribution in [1.82, 2.24) is 0 Å². The summed E-state index contributed by atoms with van der Waals surface area (Å²) in [5.41, 5.74) is 3.40. The highest BCUT2D eigenvalue weighted by Crippen LogP contribution is 2.26. The first-order valence-corrected chi connectivity index (χ1v) is 6.75. The van der Waals surface area contributed by atoms with E-state index in [1.54, 1.807) is 0 Å². The van der Waals surface area contributed by atoms with Crippen molar-refractivity contribution >= 4 is 17.3 Å². The molecule has 98 valence electrons. The Balaban J connectivity index is 2.08. The standard InChI is InChI=1S/C15H22N2O/c1-10(2)11(3)15(18)17-13-7-6-12-5-4-8-16-14(12)9-13/h6-7,9-11,16H,4-5,8H2,1-3H3,(H,17,18). The molecule has 0 saturated carbocycles. The third kappa shape index (κ3) is 2.84. The van der Waals surface area contributed by atoms with Gasteiger partial charge in [-0.15, -0.1) is 0 Å². The van der Waals surface area contributed by atoms with Gasteiger partial charge < -0.3 is 10.6 Å². The molecule has 1 aromatic rings. The number of fused-ring (bicyclic) bond motifs is 1. The minimum atomic E-state index is 0.0361. The van der Waals surface area contributed by atoms with E-state index in [2.05, 4.69) is 30.5 Å². The third-order valence-corrected chi connectivity index (χ3v) is 3.73. The number of anilines is 2. The van der Waals surface area contributed by atoms with E-state index < -0.39 is 0 Å². The molecule has 0 spiro atoms. The molecule has 0 radical (unpaired) electrons. The average Bonchev–Trinajstić information content (AvgIpc) is 2.37. The van der Waals surface area contributed by atoms with Crippen LogP contribution in [-0.4, -0.2) is 12.5 Å². The van der Waals surface area contributed by atoms with E-state index >= 15 is 0 Å². The fourth-order valence-corrected chi connectivity index (χ4v) is 2.10. The molecule has 1 heterocycles. The van der Waals surface area contributed by atoms with Crippen molar-refractivity contribution in [3.8, 4) is 0 Å². The van der Waals surface area contributed by atoms with Gasteiger partial charge >= 0.3 is 0 Å². The van der Waals surface area contributed by atoms with Gasteiger partial charge in [-0.1, -0.05) is 26.8 Å². The Morgan fingerprint density at radius 2 is 2.11 bits per heavy atom. The number of benzene rings is 1.